The summed E-state index contributed by atoms with van der Waals surface area (Å²) in [7, 11) is 0. The van der Waals surface area contributed by atoms with E-state index in [9.17, 15) is 14.7 Å². The van der Waals surface area contributed by atoms with E-state index in [1.54, 1.807) is 17.8 Å². The standard InChI is InChI=1S/C15H20N2O3S/c1-21-9-7-13(15(19)20)17-14(18)11-4-2-6-12-10(11)5-3-8-16-12/h2,4,6,13,16H,3,5,7-9H2,1H3,(H,17,18)(H,19,20)/t13-/m0/s1. The van der Waals surface area contributed by atoms with Crippen molar-refractivity contribution >= 4 is 29.3 Å². The molecule has 1 aliphatic heterocycles. The van der Waals surface area contributed by atoms with Gasteiger partial charge in [0.2, 0.25) is 0 Å². The summed E-state index contributed by atoms with van der Waals surface area (Å²) in [6, 6.07) is 4.70. The fourth-order valence-electron chi connectivity index (χ4n) is 2.45. The van der Waals surface area contributed by atoms with Crippen LogP contribution in [0.3, 0.4) is 0 Å². The lowest BCUT2D eigenvalue weighted by Crippen LogP contribution is -2.41. The molecule has 0 saturated heterocycles. The molecule has 2 rings (SSSR count). The summed E-state index contributed by atoms with van der Waals surface area (Å²) in [4.78, 5) is 23.6. The second kappa shape index (κ2) is 7.36. The molecule has 114 valence electrons. The summed E-state index contributed by atoms with van der Waals surface area (Å²) in [5.41, 5.74) is 2.54. The first-order valence-electron chi connectivity index (χ1n) is 7.02. The first-order chi connectivity index (χ1) is 10.1. The van der Waals surface area contributed by atoms with E-state index in [1.165, 1.54) is 0 Å². The highest BCUT2D eigenvalue weighted by atomic mass is 32.2. The Hall–Kier alpha value is -1.69. The SMILES string of the molecule is CSCC[C@H](NC(=O)c1cccc2c1CCCN2)C(=O)O. The number of anilines is 1. The Balaban J connectivity index is 2.14. The Morgan fingerprint density at radius 2 is 2.29 bits per heavy atom. The lowest BCUT2D eigenvalue weighted by molar-refractivity contribution is -0.139. The predicted octanol–water partition coefficient (Wildman–Crippen LogP) is 1.98. The number of fused-ring (bicyclic) bond motifs is 1. The van der Waals surface area contributed by atoms with Gasteiger partial charge in [-0.2, -0.15) is 11.8 Å². The number of nitrogens with one attached hydrogen (secondary N) is 2. The third-order valence-electron chi connectivity index (χ3n) is 3.55. The quantitative estimate of drug-likeness (QED) is 0.749. The third-order valence-corrected chi connectivity index (χ3v) is 4.20. The lowest BCUT2D eigenvalue weighted by atomic mass is 9.97. The molecule has 0 spiro atoms. The minimum absolute atomic E-state index is 0.302. The Kier molecular flexibility index (Phi) is 5.50. The number of hydrogen-bond acceptors (Lipinski definition) is 4. The summed E-state index contributed by atoms with van der Waals surface area (Å²) < 4.78 is 0. The molecule has 3 N–H and O–H groups in total. The van der Waals surface area contributed by atoms with Crippen molar-refractivity contribution in [1.82, 2.24) is 5.32 Å². The maximum Gasteiger partial charge on any atom is 0.326 e. The van der Waals surface area contributed by atoms with Crippen LogP contribution in [0.5, 0.6) is 0 Å². The van der Waals surface area contributed by atoms with Crippen LogP contribution in [-0.4, -0.2) is 41.6 Å². The fourth-order valence-corrected chi connectivity index (χ4v) is 2.92. The van der Waals surface area contributed by atoms with Crippen LogP contribution in [-0.2, 0) is 11.2 Å². The van der Waals surface area contributed by atoms with Gasteiger partial charge in [0.1, 0.15) is 6.04 Å². The molecular formula is C15H20N2O3S. The maximum absolute atomic E-state index is 12.4. The highest BCUT2D eigenvalue weighted by Crippen LogP contribution is 2.25. The van der Waals surface area contributed by atoms with Crippen molar-refractivity contribution in [2.75, 3.05) is 23.9 Å². The molecule has 0 aliphatic carbocycles. The highest BCUT2D eigenvalue weighted by Gasteiger charge is 2.23. The zero-order chi connectivity index (χ0) is 15.2. The number of amides is 1. The second-order valence-electron chi connectivity index (χ2n) is 5.01. The van der Waals surface area contributed by atoms with E-state index in [4.69, 9.17) is 0 Å². The van der Waals surface area contributed by atoms with E-state index in [-0.39, 0.29) is 5.91 Å². The normalized spacial score (nSPS) is 14.7. The van der Waals surface area contributed by atoms with E-state index in [0.29, 0.717) is 17.7 Å². The van der Waals surface area contributed by atoms with Gasteiger partial charge < -0.3 is 15.7 Å². The largest absolute Gasteiger partial charge is 0.480 e. The van der Waals surface area contributed by atoms with E-state index in [0.717, 1.165) is 30.6 Å². The van der Waals surface area contributed by atoms with E-state index >= 15 is 0 Å². The van der Waals surface area contributed by atoms with Crippen LogP contribution in [0.2, 0.25) is 0 Å². The van der Waals surface area contributed by atoms with Gasteiger partial charge in [0.25, 0.3) is 5.91 Å². The second-order valence-corrected chi connectivity index (χ2v) is 5.99. The van der Waals surface area contributed by atoms with Gasteiger partial charge in [-0.05, 0) is 49.0 Å². The molecule has 5 nitrogen and oxygen atoms in total. The van der Waals surface area contributed by atoms with Crippen LogP contribution in [0.25, 0.3) is 0 Å². The topological polar surface area (TPSA) is 78.4 Å². The van der Waals surface area contributed by atoms with Gasteiger partial charge in [-0.15, -0.1) is 0 Å². The molecular weight excluding hydrogens is 288 g/mol. The number of carboxylic acid groups (broad SMARTS) is 1. The molecule has 0 fully saturated rings. The molecule has 1 aromatic rings. The van der Waals surface area contributed by atoms with E-state index < -0.39 is 12.0 Å². The molecule has 0 aromatic heterocycles. The summed E-state index contributed by atoms with van der Waals surface area (Å²) in [6.07, 6.45) is 4.16. The molecule has 1 amide bonds. The van der Waals surface area contributed by atoms with Crippen LogP contribution >= 0.6 is 11.8 Å². The van der Waals surface area contributed by atoms with Crippen LogP contribution in [0.15, 0.2) is 18.2 Å². The van der Waals surface area contributed by atoms with Crippen molar-refractivity contribution in [3.63, 3.8) is 0 Å². The average molecular weight is 308 g/mol. The highest BCUT2D eigenvalue weighted by molar-refractivity contribution is 7.98. The molecule has 0 unspecified atom stereocenters. The van der Waals surface area contributed by atoms with Gasteiger partial charge in [0.05, 0.1) is 0 Å². The van der Waals surface area contributed by atoms with Crippen molar-refractivity contribution < 1.29 is 14.7 Å². The Labute approximate surface area is 128 Å². The van der Waals surface area contributed by atoms with Crippen LogP contribution in [0.4, 0.5) is 5.69 Å². The molecule has 1 heterocycles. The number of carbonyl (C=O) groups is 2. The Morgan fingerprint density at radius 3 is 3.00 bits per heavy atom. The Bertz CT molecular complexity index is 534. The lowest BCUT2D eigenvalue weighted by Gasteiger charge is -2.21. The minimum atomic E-state index is -0.986. The minimum Gasteiger partial charge on any atom is -0.480 e. The van der Waals surface area contributed by atoms with E-state index in [1.807, 2.05) is 18.4 Å². The molecule has 1 atom stereocenters. The molecule has 1 aliphatic rings. The first kappa shape index (κ1) is 15.7. The van der Waals surface area contributed by atoms with Gasteiger partial charge in [-0.3, -0.25) is 4.79 Å². The third kappa shape index (κ3) is 3.91. The Morgan fingerprint density at radius 1 is 1.48 bits per heavy atom. The van der Waals surface area contributed by atoms with Gasteiger partial charge in [0, 0.05) is 17.8 Å². The van der Waals surface area contributed by atoms with Crippen LogP contribution in [0.1, 0.15) is 28.8 Å². The number of thioether (sulfide) groups is 1. The smallest absolute Gasteiger partial charge is 0.326 e. The molecule has 6 heteroatoms. The van der Waals surface area contributed by atoms with Crippen molar-refractivity contribution in [2.45, 2.75) is 25.3 Å². The summed E-state index contributed by atoms with van der Waals surface area (Å²) in [5.74, 6) is -0.588. The summed E-state index contributed by atoms with van der Waals surface area (Å²) >= 11 is 1.57. The van der Waals surface area contributed by atoms with Gasteiger partial charge in [0.15, 0.2) is 0 Å². The molecule has 0 saturated carbocycles. The molecule has 1 aromatic carbocycles. The molecule has 0 radical (unpaired) electrons. The number of hydrogen-bond donors (Lipinski definition) is 3. The van der Waals surface area contributed by atoms with Crippen molar-refractivity contribution in [3.8, 4) is 0 Å². The average Bonchev–Trinajstić information content (AvgIpc) is 2.50. The van der Waals surface area contributed by atoms with Crippen molar-refractivity contribution in [3.05, 3.63) is 29.3 Å². The van der Waals surface area contributed by atoms with Gasteiger partial charge in [-0.25, -0.2) is 4.79 Å². The molecule has 0 bridgehead atoms. The van der Waals surface area contributed by atoms with Gasteiger partial charge >= 0.3 is 5.97 Å². The number of rotatable bonds is 6. The predicted molar refractivity (Wildman–Crippen MR) is 85.1 cm³/mol. The number of carbonyl (C=O) groups excluding carboxylic acids is 1. The maximum atomic E-state index is 12.4. The summed E-state index contributed by atoms with van der Waals surface area (Å²) in [5, 5.41) is 15.1. The van der Waals surface area contributed by atoms with Crippen molar-refractivity contribution in [1.29, 1.82) is 0 Å². The van der Waals surface area contributed by atoms with Gasteiger partial charge in [-0.1, -0.05) is 6.07 Å². The number of carboxylic acids is 1. The molecule has 21 heavy (non-hydrogen) atoms. The van der Waals surface area contributed by atoms with E-state index in [2.05, 4.69) is 10.6 Å². The zero-order valence-electron chi connectivity index (χ0n) is 12.0. The van der Waals surface area contributed by atoms with Crippen molar-refractivity contribution in [2.24, 2.45) is 0 Å². The monoisotopic (exact) mass is 308 g/mol. The number of benzene rings is 1. The van der Waals surface area contributed by atoms with Crippen LogP contribution in [0, 0.1) is 0 Å². The first-order valence-corrected chi connectivity index (χ1v) is 8.41. The number of aliphatic carboxylic acids is 1. The fraction of sp³-hybridized carbons (Fsp3) is 0.467. The summed E-state index contributed by atoms with van der Waals surface area (Å²) in [6.45, 7) is 0.906. The zero-order valence-corrected chi connectivity index (χ0v) is 12.8. The van der Waals surface area contributed by atoms with Crippen LogP contribution < -0.4 is 10.6 Å².